The maximum Gasteiger partial charge on any atom is 0.320 e. The first-order valence-corrected chi connectivity index (χ1v) is 19.2. The van der Waals surface area contributed by atoms with Crippen molar-refractivity contribution in [1.82, 2.24) is 34.6 Å². The molecule has 12 heteroatoms. The Morgan fingerprint density at radius 1 is 0.962 bits per heavy atom. The molecule has 0 spiro atoms. The van der Waals surface area contributed by atoms with Crippen molar-refractivity contribution < 1.29 is 9.53 Å². The van der Waals surface area contributed by atoms with Gasteiger partial charge in [0.1, 0.15) is 17.7 Å². The van der Waals surface area contributed by atoms with Crippen molar-refractivity contribution in [2.45, 2.75) is 103 Å². The lowest BCUT2D eigenvalue weighted by Crippen LogP contribution is -2.44. The van der Waals surface area contributed by atoms with Crippen LogP contribution in [-0.2, 0) is 11.8 Å². The molecule has 53 heavy (non-hydrogen) atoms. The van der Waals surface area contributed by atoms with Gasteiger partial charge in [-0.2, -0.15) is 5.10 Å². The topological polar surface area (TPSA) is 105 Å². The summed E-state index contributed by atoms with van der Waals surface area (Å²) in [5.41, 5.74) is 5.44. The first-order valence-electron chi connectivity index (χ1n) is 18.9. The van der Waals surface area contributed by atoms with E-state index in [1.807, 2.05) is 62.8 Å². The predicted octanol–water partition coefficient (Wildman–Crippen LogP) is 8.51. The fourth-order valence-electron chi connectivity index (χ4n) is 7.68. The molecule has 280 valence electrons. The van der Waals surface area contributed by atoms with Crippen LogP contribution in [0.5, 0.6) is 5.75 Å². The molecule has 0 radical (unpaired) electrons. The molecule has 2 aliphatic rings. The summed E-state index contributed by atoms with van der Waals surface area (Å²) in [4.78, 5) is 18.3. The number of nitrogens with one attached hydrogen (secondary N) is 2. The molecule has 11 nitrogen and oxygen atoms in total. The summed E-state index contributed by atoms with van der Waals surface area (Å²) in [5, 5.41) is 21.1. The smallest absolute Gasteiger partial charge is 0.320 e. The molecule has 5 aromatic rings. The standard InChI is InChI=1S/C41H52ClN9O2/c1-26-11-10-12-27(2)50(26)40-46-45-37-20-16-30(25-49(37)40)53-35-19-18-34(31-13-8-9-14-32(31)35)43-39(52)44-38-24-36(41(3,4)5)47-51(38)29-15-17-33(42)28(23-29)21-22-48(6)7/h8-9,13-17,20,23-27,34-35H,10-12,18-19,21-22H2,1-7H3,(H2,43,44,52)/t26-,27+,34-,35+/m0/s1. The molecular formula is C41H52ClN9O2. The molecule has 1 aliphatic heterocycles. The van der Waals surface area contributed by atoms with E-state index in [9.17, 15) is 4.79 Å². The monoisotopic (exact) mass is 737 g/mol. The van der Waals surface area contributed by atoms with Gasteiger partial charge in [0.2, 0.25) is 5.95 Å². The van der Waals surface area contributed by atoms with Gasteiger partial charge in [-0.05, 0) is 113 Å². The molecule has 7 rings (SSSR count). The number of anilines is 2. The van der Waals surface area contributed by atoms with Crippen LogP contribution in [0, 0.1) is 0 Å². The molecule has 0 bridgehead atoms. The van der Waals surface area contributed by atoms with Crippen molar-refractivity contribution in [3.05, 3.63) is 94.3 Å². The quantitative estimate of drug-likeness (QED) is 0.156. The number of benzene rings is 2. The number of piperidine rings is 1. The van der Waals surface area contributed by atoms with Crippen molar-refractivity contribution in [3.8, 4) is 11.4 Å². The van der Waals surface area contributed by atoms with E-state index in [4.69, 9.17) is 21.4 Å². The Morgan fingerprint density at radius 2 is 1.72 bits per heavy atom. The van der Waals surface area contributed by atoms with Crippen LogP contribution in [0.1, 0.15) is 101 Å². The number of likely N-dealkylation sites (N-methyl/N-ethyl adjacent to an activating group) is 1. The SMILES string of the molecule is C[C@@H]1CCC[C@H](C)N1c1nnc2ccc(O[C@@H]3CC[C@H](NC(=O)Nc4cc(C(C)(C)C)nn4-c4ccc(Cl)c(CCN(C)C)c4)c4ccccc43)cn12. The highest BCUT2D eigenvalue weighted by Crippen LogP contribution is 2.39. The van der Waals surface area contributed by atoms with E-state index >= 15 is 0 Å². The van der Waals surface area contributed by atoms with E-state index in [1.54, 1.807) is 4.68 Å². The zero-order chi connectivity index (χ0) is 37.4. The second kappa shape index (κ2) is 15.0. The van der Waals surface area contributed by atoms with Crippen molar-refractivity contribution in [3.63, 3.8) is 0 Å². The molecule has 2 amide bonds. The number of pyridine rings is 1. The number of halogens is 1. The van der Waals surface area contributed by atoms with Crippen molar-refractivity contribution in [2.24, 2.45) is 0 Å². The zero-order valence-electron chi connectivity index (χ0n) is 31.9. The molecule has 1 aliphatic carbocycles. The molecule has 1 saturated heterocycles. The first-order chi connectivity index (χ1) is 25.4. The number of carbonyl (C=O) groups excluding carboxylic acids is 1. The Hall–Kier alpha value is -4.61. The number of ether oxygens (including phenoxy) is 1. The summed E-state index contributed by atoms with van der Waals surface area (Å²) < 4.78 is 10.6. The highest BCUT2D eigenvalue weighted by Gasteiger charge is 2.31. The molecule has 3 aromatic heterocycles. The fourth-order valence-corrected chi connectivity index (χ4v) is 7.89. The average molecular weight is 738 g/mol. The second-order valence-corrected chi connectivity index (χ2v) is 16.4. The summed E-state index contributed by atoms with van der Waals surface area (Å²) in [6.45, 7) is 11.7. The van der Waals surface area contributed by atoms with Gasteiger partial charge in [-0.15, -0.1) is 10.2 Å². The van der Waals surface area contributed by atoms with Crippen LogP contribution in [0.4, 0.5) is 16.6 Å². The lowest BCUT2D eigenvalue weighted by atomic mass is 9.85. The number of amides is 2. The molecule has 2 N–H and O–H groups in total. The molecular weight excluding hydrogens is 686 g/mol. The van der Waals surface area contributed by atoms with E-state index in [-0.39, 0.29) is 23.6 Å². The Bertz CT molecular complexity index is 2070. The van der Waals surface area contributed by atoms with Crippen LogP contribution >= 0.6 is 11.6 Å². The number of hydrogen-bond acceptors (Lipinski definition) is 7. The van der Waals surface area contributed by atoms with Gasteiger partial charge in [0.25, 0.3) is 0 Å². The molecule has 4 heterocycles. The number of hydrogen-bond donors (Lipinski definition) is 2. The van der Waals surface area contributed by atoms with E-state index in [0.717, 1.165) is 89.1 Å². The van der Waals surface area contributed by atoms with Crippen molar-refractivity contribution in [1.29, 1.82) is 0 Å². The number of urea groups is 1. The van der Waals surface area contributed by atoms with Crippen molar-refractivity contribution >= 4 is 35.0 Å². The lowest BCUT2D eigenvalue weighted by molar-refractivity contribution is 0.171. The minimum atomic E-state index is -0.292. The molecule has 0 unspecified atom stereocenters. The second-order valence-electron chi connectivity index (χ2n) is 16.0. The van der Waals surface area contributed by atoms with Gasteiger partial charge < -0.3 is 19.9 Å². The number of carbonyl (C=O) groups is 1. The number of nitrogens with zero attached hydrogens (tertiary/aromatic N) is 7. The van der Waals surface area contributed by atoms with Gasteiger partial charge in [0.05, 0.1) is 23.6 Å². The van der Waals surface area contributed by atoms with Gasteiger partial charge in [-0.25, -0.2) is 9.48 Å². The first kappa shape index (κ1) is 36.7. The Labute approximate surface area is 317 Å². The van der Waals surface area contributed by atoms with Crippen LogP contribution in [0.15, 0.2) is 66.9 Å². The third kappa shape index (κ3) is 7.87. The summed E-state index contributed by atoms with van der Waals surface area (Å²) >= 11 is 6.59. The van der Waals surface area contributed by atoms with Crippen LogP contribution in [0.2, 0.25) is 5.02 Å². The molecule has 2 aromatic carbocycles. The van der Waals surface area contributed by atoms with E-state index in [1.165, 1.54) is 6.42 Å². The summed E-state index contributed by atoms with van der Waals surface area (Å²) in [6.07, 6.45) is 7.62. The molecule has 1 fully saturated rings. The number of aromatic nitrogens is 5. The zero-order valence-corrected chi connectivity index (χ0v) is 32.7. The summed E-state index contributed by atoms with van der Waals surface area (Å²) in [6, 6.07) is 20.3. The van der Waals surface area contributed by atoms with Crippen LogP contribution < -0.4 is 20.3 Å². The normalized spacial score (nSPS) is 20.4. The maximum atomic E-state index is 13.8. The van der Waals surface area contributed by atoms with Gasteiger partial charge >= 0.3 is 6.03 Å². The predicted molar refractivity (Wildman–Crippen MR) is 212 cm³/mol. The third-order valence-electron chi connectivity index (χ3n) is 10.6. The minimum Gasteiger partial charge on any atom is -0.484 e. The van der Waals surface area contributed by atoms with E-state index in [2.05, 4.69) is 87.8 Å². The van der Waals surface area contributed by atoms with Gasteiger partial charge in [-0.3, -0.25) is 9.72 Å². The van der Waals surface area contributed by atoms with Gasteiger partial charge in [-0.1, -0.05) is 56.6 Å². The summed E-state index contributed by atoms with van der Waals surface area (Å²) in [5.74, 6) is 2.21. The number of rotatable bonds is 9. The molecule has 4 atom stereocenters. The minimum absolute atomic E-state index is 0.167. The lowest BCUT2D eigenvalue weighted by Gasteiger charge is -2.39. The average Bonchev–Trinajstić information content (AvgIpc) is 3.73. The van der Waals surface area contributed by atoms with E-state index < -0.39 is 0 Å². The third-order valence-corrected chi connectivity index (χ3v) is 11.0. The fraction of sp³-hybridized carbons (Fsp3) is 0.463. The van der Waals surface area contributed by atoms with Crippen LogP contribution in [0.25, 0.3) is 11.3 Å². The molecule has 0 saturated carbocycles. The highest BCUT2D eigenvalue weighted by molar-refractivity contribution is 6.31. The van der Waals surface area contributed by atoms with E-state index in [0.29, 0.717) is 17.9 Å². The van der Waals surface area contributed by atoms with Crippen molar-refractivity contribution in [2.75, 3.05) is 30.9 Å². The number of fused-ring (bicyclic) bond motifs is 2. The highest BCUT2D eigenvalue weighted by atomic mass is 35.5. The Kier molecular flexibility index (Phi) is 10.4. The Balaban J connectivity index is 1.09. The van der Waals surface area contributed by atoms with Gasteiger partial charge in [0, 0.05) is 35.1 Å². The van der Waals surface area contributed by atoms with Gasteiger partial charge in [0.15, 0.2) is 5.65 Å². The van der Waals surface area contributed by atoms with Crippen LogP contribution in [-0.4, -0.2) is 68.0 Å². The largest absolute Gasteiger partial charge is 0.484 e. The Morgan fingerprint density at radius 3 is 2.45 bits per heavy atom. The maximum absolute atomic E-state index is 13.8. The summed E-state index contributed by atoms with van der Waals surface area (Å²) in [7, 11) is 4.09. The van der Waals surface area contributed by atoms with Crippen LogP contribution in [0.3, 0.4) is 0 Å².